The van der Waals surface area contributed by atoms with E-state index in [2.05, 4.69) is 21.2 Å². The summed E-state index contributed by atoms with van der Waals surface area (Å²) < 4.78 is 19.3. The largest absolute Gasteiger partial charge is 0.385 e. The van der Waals surface area contributed by atoms with Gasteiger partial charge in [0, 0.05) is 18.8 Å². The molecular weight excluding hydrogens is 285 g/mol. The predicted molar refractivity (Wildman–Crippen MR) is 70.8 cm³/mol. The Hall–Kier alpha value is -0.610. The summed E-state index contributed by atoms with van der Waals surface area (Å²) in [6.07, 6.45) is 4.97. The van der Waals surface area contributed by atoms with Crippen molar-refractivity contribution in [1.29, 1.82) is 0 Å². The van der Waals surface area contributed by atoms with Gasteiger partial charge in [0.25, 0.3) is 0 Å². The first-order valence-electron chi connectivity index (χ1n) is 6.06. The van der Waals surface area contributed by atoms with E-state index in [0.29, 0.717) is 10.6 Å². The van der Waals surface area contributed by atoms with Crippen molar-refractivity contribution in [3.63, 3.8) is 0 Å². The molecule has 2 rings (SSSR count). The lowest BCUT2D eigenvalue weighted by Gasteiger charge is -2.10. The van der Waals surface area contributed by atoms with Crippen molar-refractivity contribution in [2.24, 2.45) is 0 Å². The molecule has 94 valence electrons. The van der Waals surface area contributed by atoms with Gasteiger partial charge in [-0.1, -0.05) is 0 Å². The standard InChI is InChI=1S/C13H17BrFNO/c14-12-6-5-10(9-13(12)15)16-7-1-3-11-4-2-8-17-11/h5-6,9,11,16H,1-4,7-8H2. The van der Waals surface area contributed by atoms with Gasteiger partial charge in [0.05, 0.1) is 10.6 Å². The molecule has 2 nitrogen and oxygen atoms in total. The second-order valence-corrected chi connectivity index (χ2v) is 5.19. The average Bonchev–Trinajstić information content (AvgIpc) is 2.82. The zero-order chi connectivity index (χ0) is 12.1. The second-order valence-electron chi connectivity index (χ2n) is 4.33. The highest BCUT2D eigenvalue weighted by Gasteiger charge is 2.14. The number of ether oxygens (including phenoxy) is 1. The minimum absolute atomic E-state index is 0.228. The Balaban J connectivity index is 1.68. The molecule has 1 heterocycles. The maximum absolute atomic E-state index is 13.2. The topological polar surface area (TPSA) is 21.3 Å². The van der Waals surface area contributed by atoms with Gasteiger partial charge in [-0.2, -0.15) is 0 Å². The summed E-state index contributed by atoms with van der Waals surface area (Å²) in [4.78, 5) is 0. The van der Waals surface area contributed by atoms with E-state index in [4.69, 9.17) is 4.74 Å². The number of benzene rings is 1. The molecule has 17 heavy (non-hydrogen) atoms. The molecule has 0 spiro atoms. The van der Waals surface area contributed by atoms with Crippen molar-refractivity contribution in [2.45, 2.75) is 31.8 Å². The summed E-state index contributed by atoms with van der Waals surface area (Å²) in [7, 11) is 0. The van der Waals surface area contributed by atoms with Gasteiger partial charge in [0.1, 0.15) is 5.82 Å². The molecule has 0 amide bonds. The van der Waals surface area contributed by atoms with Crippen LogP contribution >= 0.6 is 15.9 Å². The molecule has 1 atom stereocenters. The molecular formula is C13H17BrFNO. The van der Waals surface area contributed by atoms with Gasteiger partial charge in [-0.25, -0.2) is 4.39 Å². The van der Waals surface area contributed by atoms with Crippen LogP contribution in [0.5, 0.6) is 0 Å². The monoisotopic (exact) mass is 301 g/mol. The molecule has 1 aliphatic heterocycles. The smallest absolute Gasteiger partial charge is 0.139 e. The van der Waals surface area contributed by atoms with Crippen molar-refractivity contribution in [3.8, 4) is 0 Å². The van der Waals surface area contributed by atoms with E-state index in [1.165, 1.54) is 18.9 Å². The maximum Gasteiger partial charge on any atom is 0.139 e. The fraction of sp³-hybridized carbons (Fsp3) is 0.538. The van der Waals surface area contributed by atoms with E-state index >= 15 is 0 Å². The number of hydrogen-bond acceptors (Lipinski definition) is 2. The number of nitrogens with one attached hydrogen (secondary N) is 1. The third-order valence-electron chi connectivity index (χ3n) is 2.98. The van der Waals surface area contributed by atoms with Crippen LogP contribution in [0.1, 0.15) is 25.7 Å². The van der Waals surface area contributed by atoms with Crippen molar-refractivity contribution in [2.75, 3.05) is 18.5 Å². The first-order chi connectivity index (χ1) is 8.25. The van der Waals surface area contributed by atoms with Crippen LogP contribution in [0, 0.1) is 5.82 Å². The summed E-state index contributed by atoms with van der Waals surface area (Å²) in [6, 6.07) is 5.10. The van der Waals surface area contributed by atoms with Gasteiger partial charge in [0.15, 0.2) is 0 Å². The lowest BCUT2D eigenvalue weighted by atomic mass is 10.1. The van der Waals surface area contributed by atoms with Crippen LogP contribution in [0.2, 0.25) is 0 Å². The first-order valence-corrected chi connectivity index (χ1v) is 6.85. The maximum atomic E-state index is 13.2. The molecule has 1 N–H and O–H groups in total. The van der Waals surface area contributed by atoms with Gasteiger partial charge >= 0.3 is 0 Å². The summed E-state index contributed by atoms with van der Waals surface area (Å²) in [5.41, 5.74) is 0.832. The fourth-order valence-corrected chi connectivity index (χ4v) is 2.29. The Morgan fingerprint density at radius 3 is 3.06 bits per heavy atom. The molecule has 1 fully saturated rings. The summed E-state index contributed by atoms with van der Waals surface area (Å²) in [5.74, 6) is -0.228. The third-order valence-corrected chi connectivity index (χ3v) is 3.62. The Morgan fingerprint density at radius 2 is 2.35 bits per heavy atom. The fourth-order valence-electron chi connectivity index (χ4n) is 2.04. The molecule has 0 aliphatic carbocycles. The van der Waals surface area contributed by atoms with Gasteiger partial charge in [-0.05, 0) is 59.8 Å². The highest BCUT2D eigenvalue weighted by Crippen LogP contribution is 2.20. The van der Waals surface area contributed by atoms with E-state index in [0.717, 1.165) is 31.7 Å². The zero-order valence-corrected chi connectivity index (χ0v) is 11.3. The Kier molecular flexibility index (Phi) is 4.80. The minimum atomic E-state index is -0.228. The van der Waals surface area contributed by atoms with Crippen LogP contribution in [0.25, 0.3) is 0 Å². The Morgan fingerprint density at radius 1 is 1.47 bits per heavy atom. The van der Waals surface area contributed by atoms with Crippen molar-refractivity contribution >= 4 is 21.6 Å². The van der Waals surface area contributed by atoms with Crippen LogP contribution < -0.4 is 5.32 Å². The van der Waals surface area contributed by atoms with E-state index in [9.17, 15) is 4.39 Å². The number of hydrogen-bond donors (Lipinski definition) is 1. The molecule has 1 unspecified atom stereocenters. The van der Waals surface area contributed by atoms with Gasteiger partial charge in [-0.15, -0.1) is 0 Å². The molecule has 0 radical (unpaired) electrons. The number of halogens is 2. The SMILES string of the molecule is Fc1cc(NCCCC2CCCO2)ccc1Br. The molecule has 1 aromatic rings. The van der Waals surface area contributed by atoms with Crippen LogP contribution in [0.4, 0.5) is 10.1 Å². The normalized spacial score (nSPS) is 19.5. The molecule has 1 saturated heterocycles. The van der Waals surface area contributed by atoms with Crippen molar-refractivity contribution < 1.29 is 9.13 Å². The summed E-state index contributed by atoms with van der Waals surface area (Å²) in [6.45, 7) is 1.77. The molecule has 0 aromatic heterocycles. The first kappa shape index (κ1) is 12.8. The summed E-state index contributed by atoms with van der Waals surface area (Å²) in [5, 5.41) is 3.22. The Labute approximate surface area is 110 Å². The Bertz CT molecular complexity index is 366. The van der Waals surface area contributed by atoms with Crippen molar-refractivity contribution in [3.05, 3.63) is 28.5 Å². The van der Waals surface area contributed by atoms with Gasteiger partial charge in [0.2, 0.25) is 0 Å². The summed E-state index contributed by atoms with van der Waals surface area (Å²) >= 11 is 3.14. The van der Waals surface area contributed by atoms with E-state index in [1.54, 1.807) is 6.07 Å². The van der Waals surface area contributed by atoms with Crippen LogP contribution in [0.3, 0.4) is 0 Å². The predicted octanol–water partition coefficient (Wildman–Crippen LogP) is 3.96. The molecule has 0 bridgehead atoms. The lowest BCUT2D eigenvalue weighted by molar-refractivity contribution is 0.103. The quantitative estimate of drug-likeness (QED) is 0.831. The van der Waals surface area contributed by atoms with E-state index < -0.39 is 0 Å². The highest BCUT2D eigenvalue weighted by molar-refractivity contribution is 9.10. The van der Waals surface area contributed by atoms with Crippen molar-refractivity contribution in [1.82, 2.24) is 0 Å². The molecule has 0 saturated carbocycles. The van der Waals surface area contributed by atoms with Crippen LogP contribution in [0.15, 0.2) is 22.7 Å². The van der Waals surface area contributed by atoms with Gasteiger partial charge < -0.3 is 10.1 Å². The second kappa shape index (κ2) is 6.36. The number of rotatable bonds is 5. The highest BCUT2D eigenvalue weighted by atomic mass is 79.9. The van der Waals surface area contributed by atoms with Gasteiger partial charge in [-0.3, -0.25) is 0 Å². The third kappa shape index (κ3) is 3.96. The zero-order valence-electron chi connectivity index (χ0n) is 9.72. The molecule has 1 aromatic carbocycles. The lowest BCUT2D eigenvalue weighted by Crippen LogP contribution is -2.09. The average molecular weight is 302 g/mol. The van der Waals surface area contributed by atoms with E-state index in [-0.39, 0.29) is 5.82 Å². The van der Waals surface area contributed by atoms with E-state index in [1.807, 2.05) is 6.07 Å². The minimum Gasteiger partial charge on any atom is -0.385 e. The molecule has 1 aliphatic rings. The number of anilines is 1. The molecule has 4 heteroatoms. The van der Waals surface area contributed by atoms with Crippen LogP contribution in [-0.4, -0.2) is 19.3 Å². The van der Waals surface area contributed by atoms with Crippen LogP contribution in [-0.2, 0) is 4.74 Å².